The molecule has 0 radical (unpaired) electrons. The lowest BCUT2D eigenvalue weighted by atomic mass is 9.70. The molecular formula is C19H27N3O3. The number of hydrogen-bond donors (Lipinski definition) is 2. The van der Waals surface area contributed by atoms with Crippen LogP contribution in [0.4, 0.5) is 0 Å². The first kappa shape index (κ1) is 17.9. The van der Waals surface area contributed by atoms with Gasteiger partial charge in [0.05, 0.1) is 24.1 Å². The van der Waals surface area contributed by atoms with Crippen LogP contribution in [0.2, 0.25) is 0 Å². The average molecular weight is 345 g/mol. The van der Waals surface area contributed by atoms with Crippen molar-refractivity contribution in [3.63, 3.8) is 0 Å². The summed E-state index contributed by atoms with van der Waals surface area (Å²) in [7, 11) is 3.48. The van der Waals surface area contributed by atoms with Gasteiger partial charge in [-0.15, -0.1) is 0 Å². The van der Waals surface area contributed by atoms with Gasteiger partial charge in [-0.1, -0.05) is 30.3 Å². The van der Waals surface area contributed by atoms with Crippen LogP contribution in [-0.4, -0.2) is 66.6 Å². The smallest absolute Gasteiger partial charge is 0.236 e. The van der Waals surface area contributed by atoms with E-state index in [4.69, 9.17) is 0 Å². The molecule has 2 aliphatic rings. The van der Waals surface area contributed by atoms with Crippen molar-refractivity contribution in [1.29, 1.82) is 0 Å². The van der Waals surface area contributed by atoms with Crippen LogP contribution in [0, 0.1) is 5.41 Å². The van der Waals surface area contributed by atoms with Gasteiger partial charge in [-0.3, -0.25) is 14.5 Å². The molecule has 2 N–H and O–H groups in total. The van der Waals surface area contributed by atoms with Gasteiger partial charge in [0.2, 0.25) is 11.8 Å². The van der Waals surface area contributed by atoms with Gasteiger partial charge in [0.15, 0.2) is 0 Å². The third-order valence-electron chi connectivity index (χ3n) is 5.43. The Morgan fingerprint density at radius 1 is 1.36 bits per heavy atom. The SMILES string of the molecule is CN(C)C(=O)CN1CCC[C@]2(C[C@@H](O)[C@H](c3ccccc3)NC2=O)C1. The van der Waals surface area contributed by atoms with Gasteiger partial charge in [0.25, 0.3) is 0 Å². The number of aliphatic hydroxyl groups is 1. The zero-order valence-corrected chi connectivity index (χ0v) is 14.9. The number of nitrogens with one attached hydrogen (secondary N) is 1. The highest BCUT2D eigenvalue weighted by Gasteiger charge is 2.49. The molecule has 136 valence electrons. The van der Waals surface area contributed by atoms with Crippen LogP contribution in [0.25, 0.3) is 0 Å². The van der Waals surface area contributed by atoms with E-state index in [0.29, 0.717) is 19.5 Å². The van der Waals surface area contributed by atoms with Crippen LogP contribution in [0.1, 0.15) is 30.9 Å². The summed E-state index contributed by atoms with van der Waals surface area (Å²) in [6.45, 7) is 1.66. The molecule has 2 fully saturated rings. The molecule has 1 spiro atoms. The Morgan fingerprint density at radius 3 is 2.76 bits per heavy atom. The van der Waals surface area contributed by atoms with E-state index in [9.17, 15) is 14.7 Å². The number of carbonyl (C=O) groups is 2. The molecule has 1 aromatic rings. The number of piperidine rings is 2. The van der Waals surface area contributed by atoms with Crippen molar-refractivity contribution in [2.24, 2.45) is 5.41 Å². The normalized spacial score (nSPS) is 30.1. The third kappa shape index (κ3) is 3.70. The zero-order chi connectivity index (χ0) is 18.0. The van der Waals surface area contributed by atoms with Crippen molar-refractivity contribution in [3.05, 3.63) is 35.9 Å². The molecule has 0 bridgehead atoms. The summed E-state index contributed by atoms with van der Waals surface area (Å²) in [6, 6.07) is 9.23. The van der Waals surface area contributed by atoms with Crippen molar-refractivity contribution >= 4 is 11.8 Å². The van der Waals surface area contributed by atoms with Gasteiger partial charge in [-0.25, -0.2) is 0 Å². The Hall–Kier alpha value is -1.92. The maximum absolute atomic E-state index is 12.9. The molecule has 0 unspecified atom stereocenters. The summed E-state index contributed by atoms with van der Waals surface area (Å²) < 4.78 is 0. The molecule has 2 aliphatic heterocycles. The van der Waals surface area contributed by atoms with Gasteiger partial charge in [0, 0.05) is 20.6 Å². The molecule has 2 amide bonds. The summed E-state index contributed by atoms with van der Waals surface area (Å²) in [5.74, 6) is 0.0321. The molecule has 0 aromatic heterocycles. The maximum Gasteiger partial charge on any atom is 0.236 e. The molecule has 3 atom stereocenters. The zero-order valence-electron chi connectivity index (χ0n) is 14.9. The quantitative estimate of drug-likeness (QED) is 0.849. The van der Waals surface area contributed by atoms with Crippen molar-refractivity contribution in [2.75, 3.05) is 33.7 Å². The minimum Gasteiger partial charge on any atom is -0.391 e. The van der Waals surface area contributed by atoms with Crippen molar-refractivity contribution in [2.45, 2.75) is 31.4 Å². The Kier molecular flexibility index (Phi) is 5.11. The molecule has 1 aromatic carbocycles. The van der Waals surface area contributed by atoms with E-state index in [1.807, 2.05) is 35.2 Å². The van der Waals surface area contributed by atoms with Crippen molar-refractivity contribution < 1.29 is 14.7 Å². The van der Waals surface area contributed by atoms with Crippen LogP contribution < -0.4 is 5.32 Å². The predicted octanol–water partition coefficient (Wildman–Crippen LogP) is 0.779. The molecule has 3 rings (SSSR count). The fraction of sp³-hybridized carbons (Fsp3) is 0.579. The Balaban J connectivity index is 1.72. The Morgan fingerprint density at radius 2 is 2.08 bits per heavy atom. The molecule has 2 heterocycles. The molecule has 6 heteroatoms. The Bertz CT molecular complexity index is 634. The van der Waals surface area contributed by atoms with Crippen LogP contribution in [0.15, 0.2) is 30.3 Å². The molecular weight excluding hydrogens is 318 g/mol. The average Bonchev–Trinajstić information content (AvgIpc) is 2.59. The molecule has 25 heavy (non-hydrogen) atoms. The standard InChI is InChI=1S/C19H27N3O3/c1-21(2)16(24)12-22-10-6-9-19(13-22)11-15(23)17(20-18(19)25)14-7-4-3-5-8-14/h3-5,7-8,15,17,23H,6,9-13H2,1-2H3,(H,20,25)/t15-,17+,19+/m1/s1. The van der Waals surface area contributed by atoms with Gasteiger partial charge < -0.3 is 15.3 Å². The van der Waals surface area contributed by atoms with Gasteiger partial charge >= 0.3 is 0 Å². The number of hydrogen-bond acceptors (Lipinski definition) is 4. The Labute approximate surface area is 148 Å². The highest BCUT2D eigenvalue weighted by molar-refractivity contribution is 5.85. The highest BCUT2D eigenvalue weighted by atomic mass is 16.3. The summed E-state index contributed by atoms with van der Waals surface area (Å²) in [5, 5.41) is 13.7. The fourth-order valence-electron chi connectivity index (χ4n) is 4.01. The number of likely N-dealkylation sites (tertiary alicyclic amines) is 1. The van der Waals surface area contributed by atoms with E-state index in [2.05, 4.69) is 5.32 Å². The summed E-state index contributed by atoms with van der Waals surface area (Å²) in [4.78, 5) is 28.5. The van der Waals surface area contributed by atoms with Crippen molar-refractivity contribution in [1.82, 2.24) is 15.1 Å². The first-order chi connectivity index (χ1) is 11.9. The second-order valence-corrected chi connectivity index (χ2v) is 7.52. The molecule has 0 saturated carbocycles. The number of carbonyl (C=O) groups excluding carboxylic acids is 2. The topological polar surface area (TPSA) is 72.9 Å². The number of nitrogens with zero attached hydrogens (tertiary/aromatic N) is 2. The van der Waals surface area contributed by atoms with E-state index in [-0.39, 0.29) is 17.9 Å². The van der Waals surface area contributed by atoms with Crippen LogP contribution in [0.3, 0.4) is 0 Å². The molecule has 2 saturated heterocycles. The minimum atomic E-state index is -0.621. The summed E-state index contributed by atoms with van der Waals surface area (Å²) >= 11 is 0. The lowest BCUT2D eigenvalue weighted by molar-refractivity contribution is -0.146. The monoisotopic (exact) mass is 345 g/mol. The molecule has 0 aliphatic carbocycles. The highest BCUT2D eigenvalue weighted by Crippen LogP contribution is 2.41. The van der Waals surface area contributed by atoms with E-state index in [1.54, 1.807) is 19.0 Å². The molecule has 6 nitrogen and oxygen atoms in total. The van der Waals surface area contributed by atoms with Crippen molar-refractivity contribution in [3.8, 4) is 0 Å². The van der Waals surface area contributed by atoms with Gasteiger partial charge in [-0.05, 0) is 31.4 Å². The number of benzene rings is 1. The third-order valence-corrected chi connectivity index (χ3v) is 5.43. The van der Waals surface area contributed by atoms with E-state index in [1.165, 1.54) is 0 Å². The fourth-order valence-corrected chi connectivity index (χ4v) is 4.01. The second-order valence-electron chi connectivity index (χ2n) is 7.52. The second kappa shape index (κ2) is 7.14. The number of amides is 2. The van der Waals surface area contributed by atoms with Crippen LogP contribution in [0.5, 0.6) is 0 Å². The van der Waals surface area contributed by atoms with Crippen LogP contribution in [-0.2, 0) is 9.59 Å². The van der Waals surface area contributed by atoms with Gasteiger partial charge in [-0.2, -0.15) is 0 Å². The maximum atomic E-state index is 12.9. The summed E-state index contributed by atoms with van der Waals surface area (Å²) in [5.41, 5.74) is 0.323. The largest absolute Gasteiger partial charge is 0.391 e. The van der Waals surface area contributed by atoms with Gasteiger partial charge in [0.1, 0.15) is 0 Å². The van der Waals surface area contributed by atoms with Crippen LogP contribution >= 0.6 is 0 Å². The first-order valence-electron chi connectivity index (χ1n) is 8.88. The number of aliphatic hydroxyl groups excluding tert-OH is 1. The lowest BCUT2D eigenvalue weighted by Crippen LogP contribution is -2.60. The lowest BCUT2D eigenvalue weighted by Gasteiger charge is -2.47. The number of likely N-dealkylation sites (N-methyl/N-ethyl adjacent to an activating group) is 1. The minimum absolute atomic E-state index is 0.00587. The van der Waals surface area contributed by atoms with E-state index >= 15 is 0 Å². The summed E-state index contributed by atoms with van der Waals surface area (Å²) in [6.07, 6.45) is 1.43. The van der Waals surface area contributed by atoms with E-state index in [0.717, 1.165) is 24.9 Å². The predicted molar refractivity (Wildman–Crippen MR) is 94.8 cm³/mol. The van der Waals surface area contributed by atoms with E-state index < -0.39 is 11.5 Å². The number of rotatable bonds is 3. The first-order valence-corrected chi connectivity index (χ1v) is 8.88.